The third-order valence-corrected chi connectivity index (χ3v) is 3.81. The molecule has 1 aliphatic rings. The molecular formula is C12H10F3N5S. The van der Waals surface area contributed by atoms with E-state index in [1.807, 2.05) is 0 Å². The molecule has 0 saturated carbocycles. The van der Waals surface area contributed by atoms with Gasteiger partial charge >= 0.3 is 6.18 Å². The highest BCUT2D eigenvalue weighted by atomic mass is 32.2. The molecule has 0 fully saturated rings. The van der Waals surface area contributed by atoms with Crippen LogP contribution in [0.25, 0.3) is 11.1 Å². The van der Waals surface area contributed by atoms with E-state index in [-0.39, 0.29) is 11.4 Å². The van der Waals surface area contributed by atoms with E-state index in [0.717, 1.165) is 5.75 Å². The van der Waals surface area contributed by atoms with E-state index in [0.29, 0.717) is 17.3 Å². The van der Waals surface area contributed by atoms with Crippen molar-refractivity contribution in [1.29, 1.82) is 0 Å². The minimum absolute atomic E-state index is 0.0369. The molecule has 5 nitrogen and oxygen atoms in total. The SMILES string of the molecule is Nc1ccc(-c2cn(C3=NCCS3)nc2C(F)(F)F)cn1. The summed E-state index contributed by atoms with van der Waals surface area (Å²) in [5, 5.41) is 4.11. The molecule has 3 heterocycles. The zero-order chi connectivity index (χ0) is 15.0. The summed E-state index contributed by atoms with van der Waals surface area (Å²) in [4.78, 5) is 7.95. The maximum atomic E-state index is 13.1. The number of alkyl halides is 3. The standard InChI is InChI=1S/C12H10F3N5S/c13-12(14,15)10-8(7-1-2-9(16)18-5-7)6-20(19-10)11-17-3-4-21-11/h1-2,5-6H,3-4H2,(H2,16,18). The van der Waals surface area contributed by atoms with Crippen LogP contribution in [0.3, 0.4) is 0 Å². The van der Waals surface area contributed by atoms with Crippen LogP contribution < -0.4 is 5.73 Å². The number of hydrogen-bond acceptors (Lipinski definition) is 5. The molecule has 0 bridgehead atoms. The Balaban J connectivity index is 2.11. The Bertz CT molecular complexity index is 690. The highest BCUT2D eigenvalue weighted by molar-refractivity contribution is 8.14. The van der Waals surface area contributed by atoms with E-state index in [4.69, 9.17) is 5.73 Å². The average molecular weight is 313 g/mol. The predicted molar refractivity (Wildman–Crippen MR) is 75.0 cm³/mol. The average Bonchev–Trinajstić information content (AvgIpc) is 3.07. The van der Waals surface area contributed by atoms with Gasteiger partial charge in [-0.05, 0) is 12.1 Å². The van der Waals surface area contributed by atoms with Crippen molar-refractivity contribution < 1.29 is 13.2 Å². The molecule has 0 aromatic carbocycles. The van der Waals surface area contributed by atoms with Crippen molar-refractivity contribution in [3.8, 4) is 11.1 Å². The van der Waals surface area contributed by atoms with Crippen molar-refractivity contribution in [1.82, 2.24) is 14.8 Å². The normalized spacial score (nSPS) is 15.3. The summed E-state index contributed by atoms with van der Waals surface area (Å²) in [6.45, 7) is 0.583. The van der Waals surface area contributed by atoms with Gasteiger partial charge in [0.15, 0.2) is 10.9 Å². The third-order valence-electron chi connectivity index (χ3n) is 2.85. The fraction of sp³-hybridized carbons (Fsp3) is 0.250. The number of hydrogen-bond donors (Lipinski definition) is 1. The molecule has 1 aliphatic heterocycles. The largest absolute Gasteiger partial charge is 0.435 e. The van der Waals surface area contributed by atoms with E-state index in [2.05, 4.69) is 15.1 Å². The first kappa shape index (κ1) is 13.9. The summed E-state index contributed by atoms with van der Waals surface area (Å²) < 4.78 is 40.6. The number of halogens is 3. The zero-order valence-electron chi connectivity index (χ0n) is 10.6. The van der Waals surface area contributed by atoms with Gasteiger partial charge in [0.2, 0.25) is 0 Å². The van der Waals surface area contributed by atoms with Crippen molar-refractivity contribution in [3.63, 3.8) is 0 Å². The van der Waals surface area contributed by atoms with Gasteiger partial charge in [0.1, 0.15) is 5.82 Å². The highest BCUT2D eigenvalue weighted by Gasteiger charge is 2.38. The summed E-state index contributed by atoms with van der Waals surface area (Å²) in [6.07, 6.45) is -1.92. The van der Waals surface area contributed by atoms with Crippen LogP contribution in [0.15, 0.2) is 29.5 Å². The number of rotatable bonds is 1. The van der Waals surface area contributed by atoms with E-state index < -0.39 is 11.9 Å². The van der Waals surface area contributed by atoms with Gasteiger partial charge in [-0.25, -0.2) is 9.67 Å². The number of nitrogens with zero attached hydrogens (tertiary/aromatic N) is 4. The Morgan fingerprint density at radius 3 is 2.67 bits per heavy atom. The van der Waals surface area contributed by atoms with Crippen LogP contribution in [0.4, 0.5) is 19.0 Å². The van der Waals surface area contributed by atoms with E-state index in [1.54, 1.807) is 0 Å². The van der Waals surface area contributed by atoms with Crippen LogP contribution in [-0.2, 0) is 6.18 Å². The molecule has 0 atom stereocenters. The van der Waals surface area contributed by atoms with Gasteiger partial charge in [0.05, 0.1) is 6.54 Å². The Morgan fingerprint density at radius 1 is 1.29 bits per heavy atom. The van der Waals surface area contributed by atoms with Gasteiger partial charge < -0.3 is 5.73 Å². The first-order chi connectivity index (χ1) is 9.95. The summed E-state index contributed by atoms with van der Waals surface area (Å²) in [5.74, 6) is 0.991. The first-order valence-corrected chi connectivity index (χ1v) is 7.00. The van der Waals surface area contributed by atoms with Crippen LogP contribution in [0.1, 0.15) is 5.69 Å². The van der Waals surface area contributed by atoms with Gasteiger partial charge in [0.25, 0.3) is 0 Å². The van der Waals surface area contributed by atoms with Crippen LogP contribution in [0.5, 0.6) is 0 Å². The molecule has 0 aliphatic carbocycles. The number of aromatic nitrogens is 3. The molecule has 21 heavy (non-hydrogen) atoms. The molecule has 0 amide bonds. The van der Waals surface area contributed by atoms with Crippen molar-refractivity contribution in [2.45, 2.75) is 6.18 Å². The molecule has 0 radical (unpaired) electrons. The predicted octanol–water partition coefficient (Wildman–Crippen LogP) is 2.50. The second-order valence-electron chi connectivity index (χ2n) is 4.32. The number of anilines is 1. The van der Waals surface area contributed by atoms with Crippen LogP contribution >= 0.6 is 11.8 Å². The van der Waals surface area contributed by atoms with Crippen LogP contribution in [0.2, 0.25) is 0 Å². The van der Waals surface area contributed by atoms with E-state index >= 15 is 0 Å². The highest BCUT2D eigenvalue weighted by Crippen LogP contribution is 2.36. The number of nitrogen functional groups attached to an aromatic ring is 1. The Labute approximate surface area is 122 Å². The molecule has 0 unspecified atom stereocenters. The molecule has 3 rings (SSSR count). The quantitative estimate of drug-likeness (QED) is 0.878. The maximum absolute atomic E-state index is 13.1. The number of nitrogens with two attached hydrogens (primary N) is 1. The second-order valence-corrected chi connectivity index (χ2v) is 5.38. The summed E-state index contributed by atoms with van der Waals surface area (Å²) in [7, 11) is 0. The Kier molecular flexibility index (Phi) is 3.36. The van der Waals surface area contributed by atoms with Crippen molar-refractivity contribution >= 4 is 22.7 Å². The summed E-state index contributed by atoms with van der Waals surface area (Å²) in [5.41, 5.74) is 4.78. The molecule has 9 heteroatoms. The zero-order valence-corrected chi connectivity index (χ0v) is 11.4. The molecule has 2 aromatic heterocycles. The fourth-order valence-electron chi connectivity index (χ4n) is 1.92. The number of pyridine rings is 1. The number of aliphatic imine (C=N–C) groups is 1. The lowest BCUT2D eigenvalue weighted by atomic mass is 10.1. The lowest BCUT2D eigenvalue weighted by Gasteiger charge is -2.05. The lowest BCUT2D eigenvalue weighted by molar-refractivity contribution is -0.140. The monoisotopic (exact) mass is 313 g/mol. The topological polar surface area (TPSA) is 69.1 Å². The smallest absolute Gasteiger partial charge is 0.384 e. The summed E-state index contributed by atoms with van der Waals surface area (Å²) in [6, 6.07) is 2.94. The molecule has 0 saturated heterocycles. The van der Waals surface area contributed by atoms with Crippen molar-refractivity contribution in [2.24, 2.45) is 4.99 Å². The van der Waals surface area contributed by atoms with E-state index in [1.165, 1.54) is 41.0 Å². The van der Waals surface area contributed by atoms with Gasteiger partial charge in [-0.3, -0.25) is 4.99 Å². The van der Waals surface area contributed by atoms with Gasteiger partial charge in [-0.1, -0.05) is 11.8 Å². The Morgan fingerprint density at radius 2 is 2.10 bits per heavy atom. The second kappa shape index (κ2) is 5.06. The summed E-state index contributed by atoms with van der Waals surface area (Å²) >= 11 is 1.37. The molecule has 2 aromatic rings. The minimum Gasteiger partial charge on any atom is -0.384 e. The molecule has 0 spiro atoms. The molecular weight excluding hydrogens is 303 g/mol. The maximum Gasteiger partial charge on any atom is 0.435 e. The van der Waals surface area contributed by atoms with Crippen molar-refractivity contribution in [2.75, 3.05) is 18.0 Å². The lowest BCUT2D eigenvalue weighted by Crippen LogP contribution is -2.11. The molecule has 110 valence electrons. The Hall–Kier alpha value is -2.03. The van der Waals surface area contributed by atoms with Gasteiger partial charge in [0, 0.05) is 29.3 Å². The first-order valence-electron chi connectivity index (χ1n) is 6.01. The van der Waals surface area contributed by atoms with Crippen LogP contribution in [-0.4, -0.2) is 32.2 Å². The van der Waals surface area contributed by atoms with Crippen molar-refractivity contribution in [3.05, 3.63) is 30.2 Å². The van der Waals surface area contributed by atoms with Gasteiger partial charge in [-0.2, -0.15) is 18.3 Å². The molecule has 2 N–H and O–H groups in total. The minimum atomic E-state index is -4.55. The fourth-order valence-corrected chi connectivity index (χ4v) is 2.69. The third kappa shape index (κ3) is 2.73. The van der Waals surface area contributed by atoms with E-state index in [9.17, 15) is 13.2 Å². The number of thioether (sulfide) groups is 1. The van der Waals surface area contributed by atoms with Crippen LogP contribution in [0, 0.1) is 0 Å². The van der Waals surface area contributed by atoms with Gasteiger partial charge in [-0.15, -0.1) is 0 Å².